The van der Waals surface area contributed by atoms with E-state index in [1.807, 2.05) is 61.5 Å². The summed E-state index contributed by atoms with van der Waals surface area (Å²) < 4.78 is 49.6. The van der Waals surface area contributed by atoms with Crippen molar-refractivity contribution in [3.63, 3.8) is 0 Å². The number of ether oxygens (including phenoxy) is 1. The minimum atomic E-state index is -4.63. The first-order valence-electron chi connectivity index (χ1n) is 16.4. The largest absolute Gasteiger partial charge is 0.460 e. The fraction of sp³-hybridized carbons (Fsp3) is 0.308. The minimum Gasteiger partial charge on any atom is -0.460 e. The third-order valence-electron chi connectivity index (χ3n) is 8.26. The van der Waals surface area contributed by atoms with Crippen LogP contribution in [0.1, 0.15) is 91.5 Å². The van der Waals surface area contributed by atoms with Gasteiger partial charge in [-0.15, -0.1) is 0 Å². The molecule has 1 heterocycles. The van der Waals surface area contributed by atoms with Crippen LogP contribution in [0.25, 0.3) is 16.6 Å². The van der Waals surface area contributed by atoms with Crippen LogP contribution in [0.15, 0.2) is 91.0 Å². The van der Waals surface area contributed by atoms with Gasteiger partial charge in [-0.05, 0) is 92.8 Å². The quantitative estimate of drug-likeness (QED) is 0.138. The summed E-state index contributed by atoms with van der Waals surface area (Å²) in [6.45, 7) is 7.50. The van der Waals surface area contributed by atoms with Gasteiger partial charge in [0, 0.05) is 28.4 Å². The first kappa shape index (κ1) is 36.9. The van der Waals surface area contributed by atoms with E-state index < -0.39 is 29.2 Å². The minimum absolute atomic E-state index is 0.0333. The summed E-state index contributed by atoms with van der Waals surface area (Å²) >= 11 is 12.9. The Bertz CT molecular complexity index is 1950. The molecule has 1 amide bonds. The molecule has 262 valence electrons. The predicted molar refractivity (Wildman–Crippen MR) is 191 cm³/mol. The number of rotatable bonds is 11. The highest BCUT2D eigenvalue weighted by molar-refractivity contribution is 6.35. The first-order chi connectivity index (χ1) is 23.7. The normalized spacial score (nSPS) is 13.2. The van der Waals surface area contributed by atoms with Gasteiger partial charge in [0.05, 0.1) is 28.4 Å². The molecular weight excluding hydrogens is 686 g/mol. The number of aromatic nitrogens is 2. The van der Waals surface area contributed by atoms with E-state index in [0.29, 0.717) is 28.4 Å². The second kappa shape index (κ2) is 15.3. The van der Waals surface area contributed by atoms with E-state index in [4.69, 9.17) is 33.0 Å². The molecule has 0 saturated heterocycles. The number of benzene rings is 4. The van der Waals surface area contributed by atoms with Crippen molar-refractivity contribution in [1.29, 1.82) is 0 Å². The van der Waals surface area contributed by atoms with Crippen LogP contribution in [0.2, 0.25) is 10.0 Å². The van der Waals surface area contributed by atoms with Crippen molar-refractivity contribution in [3.8, 4) is 5.69 Å². The summed E-state index contributed by atoms with van der Waals surface area (Å²) in [5.41, 5.74) is 2.08. The van der Waals surface area contributed by atoms with E-state index in [1.54, 1.807) is 49.7 Å². The second-order valence-corrected chi connectivity index (χ2v) is 14.0. The van der Waals surface area contributed by atoms with Crippen LogP contribution in [-0.4, -0.2) is 33.8 Å². The van der Waals surface area contributed by atoms with Gasteiger partial charge in [0.2, 0.25) is 0 Å². The van der Waals surface area contributed by atoms with E-state index in [-0.39, 0.29) is 40.7 Å². The Hall–Kier alpha value is -4.34. The van der Waals surface area contributed by atoms with Gasteiger partial charge in [-0.25, -0.2) is 4.68 Å². The SMILES string of the molecule is CCCC(c1ccc(C(=O)NCCC(=O)OC(C)(C)C)cc1)C(c1ccc(Cl)cc1)c1c2cc(C(F)(F)F)cc(Cl)c2nn1-c1ccccc1. The summed E-state index contributed by atoms with van der Waals surface area (Å²) in [5.74, 6) is -1.52. The molecule has 50 heavy (non-hydrogen) atoms. The third kappa shape index (κ3) is 8.68. The summed E-state index contributed by atoms with van der Waals surface area (Å²) in [6, 6.07) is 25.7. The molecule has 0 aliphatic carbocycles. The fourth-order valence-corrected chi connectivity index (χ4v) is 6.52. The van der Waals surface area contributed by atoms with E-state index in [9.17, 15) is 22.8 Å². The van der Waals surface area contributed by atoms with Crippen LogP contribution < -0.4 is 5.32 Å². The van der Waals surface area contributed by atoms with E-state index in [0.717, 1.165) is 29.7 Å². The predicted octanol–water partition coefficient (Wildman–Crippen LogP) is 10.5. The summed E-state index contributed by atoms with van der Waals surface area (Å²) in [6.07, 6.45) is -3.19. The van der Waals surface area contributed by atoms with Gasteiger partial charge < -0.3 is 10.1 Å². The van der Waals surface area contributed by atoms with Gasteiger partial charge in [-0.2, -0.15) is 18.3 Å². The summed E-state index contributed by atoms with van der Waals surface area (Å²) in [4.78, 5) is 25.1. The number of nitrogens with zero attached hydrogens (tertiary/aromatic N) is 2. The van der Waals surface area contributed by atoms with Crippen molar-refractivity contribution >= 4 is 46.0 Å². The molecule has 0 bridgehead atoms. The van der Waals surface area contributed by atoms with Gasteiger partial charge in [0.25, 0.3) is 5.91 Å². The lowest BCUT2D eigenvalue weighted by Crippen LogP contribution is -2.29. The molecule has 5 rings (SSSR count). The highest BCUT2D eigenvalue weighted by Gasteiger charge is 2.36. The number of amides is 1. The summed E-state index contributed by atoms with van der Waals surface area (Å²) in [7, 11) is 0. The number of fused-ring (bicyclic) bond motifs is 1. The van der Waals surface area contributed by atoms with E-state index in [1.165, 1.54) is 0 Å². The Morgan fingerprint density at radius 2 is 1.54 bits per heavy atom. The monoisotopic (exact) mass is 723 g/mol. The van der Waals surface area contributed by atoms with Gasteiger partial charge >= 0.3 is 12.1 Å². The first-order valence-corrected chi connectivity index (χ1v) is 17.1. The zero-order valence-electron chi connectivity index (χ0n) is 28.2. The standard InChI is InChI=1S/C39H38Cl2F3N3O3/c1-5-9-30(24-12-14-26(15-13-24)37(49)45-21-20-33(48)50-38(2,3)4)34(25-16-18-28(40)19-17-25)36-31-22-27(39(42,43)44)23-32(41)35(31)46-47(36)29-10-7-6-8-11-29/h6-8,10-19,22-23,30,34H,5,9,20-21H2,1-4H3,(H,45,49). The number of carbonyl (C=O) groups is 2. The van der Waals surface area contributed by atoms with Crippen molar-refractivity contribution in [2.75, 3.05) is 6.54 Å². The molecule has 2 atom stereocenters. The van der Waals surface area contributed by atoms with Crippen LogP contribution in [0.4, 0.5) is 13.2 Å². The number of hydrogen-bond donors (Lipinski definition) is 1. The van der Waals surface area contributed by atoms with Gasteiger partial charge in [0.15, 0.2) is 0 Å². The number of halogens is 5. The second-order valence-electron chi connectivity index (χ2n) is 13.1. The zero-order chi connectivity index (χ0) is 36.2. The number of carbonyl (C=O) groups excluding carboxylic acids is 2. The Balaban J connectivity index is 1.61. The average molecular weight is 725 g/mol. The van der Waals surface area contributed by atoms with Gasteiger partial charge in [-0.3, -0.25) is 9.59 Å². The van der Waals surface area contributed by atoms with Crippen LogP contribution in [0.5, 0.6) is 0 Å². The van der Waals surface area contributed by atoms with Crippen molar-refractivity contribution in [3.05, 3.63) is 129 Å². The molecule has 0 radical (unpaired) electrons. The number of esters is 1. The molecule has 0 saturated carbocycles. The molecule has 0 spiro atoms. The van der Waals surface area contributed by atoms with Crippen molar-refractivity contribution in [2.45, 2.75) is 70.6 Å². The Morgan fingerprint density at radius 1 is 0.900 bits per heavy atom. The topological polar surface area (TPSA) is 73.2 Å². The fourth-order valence-electron chi connectivity index (χ4n) is 6.13. The molecule has 0 fully saturated rings. The summed E-state index contributed by atoms with van der Waals surface area (Å²) in [5, 5.41) is 8.28. The van der Waals surface area contributed by atoms with Crippen LogP contribution in [0, 0.1) is 0 Å². The molecule has 6 nitrogen and oxygen atoms in total. The van der Waals surface area contributed by atoms with Crippen LogP contribution >= 0.6 is 23.2 Å². The molecular formula is C39H38Cl2F3N3O3. The Labute approximate surface area is 299 Å². The highest BCUT2D eigenvalue weighted by Crippen LogP contribution is 2.47. The average Bonchev–Trinajstić information content (AvgIpc) is 3.44. The van der Waals surface area contributed by atoms with E-state index >= 15 is 0 Å². The maximum atomic E-state index is 14.2. The number of hydrogen-bond acceptors (Lipinski definition) is 4. The number of para-hydroxylation sites is 1. The van der Waals surface area contributed by atoms with Gasteiger partial charge in [-0.1, -0.05) is 79.0 Å². The molecule has 2 unspecified atom stereocenters. The van der Waals surface area contributed by atoms with Crippen molar-refractivity contribution in [1.82, 2.24) is 15.1 Å². The lowest BCUT2D eigenvalue weighted by molar-refractivity contribution is -0.154. The molecule has 4 aromatic carbocycles. The maximum absolute atomic E-state index is 14.2. The third-order valence-corrected chi connectivity index (χ3v) is 8.80. The zero-order valence-corrected chi connectivity index (χ0v) is 29.7. The van der Waals surface area contributed by atoms with Crippen molar-refractivity contribution < 1.29 is 27.5 Å². The molecule has 1 aromatic heterocycles. The van der Waals surface area contributed by atoms with Gasteiger partial charge in [0.1, 0.15) is 11.1 Å². The smallest absolute Gasteiger partial charge is 0.416 e. The van der Waals surface area contributed by atoms with Crippen LogP contribution in [-0.2, 0) is 15.7 Å². The van der Waals surface area contributed by atoms with Crippen molar-refractivity contribution in [2.24, 2.45) is 0 Å². The van der Waals surface area contributed by atoms with E-state index in [2.05, 4.69) is 5.32 Å². The van der Waals surface area contributed by atoms with Crippen LogP contribution in [0.3, 0.4) is 0 Å². The highest BCUT2D eigenvalue weighted by atomic mass is 35.5. The lowest BCUT2D eigenvalue weighted by atomic mass is 9.76. The lowest BCUT2D eigenvalue weighted by Gasteiger charge is -2.30. The molecule has 5 aromatic rings. The molecule has 1 N–H and O–H groups in total. The number of nitrogens with one attached hydrogen (secondary N) is 1. The number of alkyl halides is 3. The Morgan fingerprint density at radius 3 is 2.14 bits per heavy atom. The molecule has 11 heteroatoms. The Kier molecular flexibility index (Phi) is 11.3. The molecule has 0 aliphatic heterocycles. The maximum Gasteiger partial charge on any atom is 0.416 e. The molecule has 0 aliphatic rings.